The SMILES string of the molecule is CC[C@H]1OC(=O)[C@H](C)[C@@H](O[C@H]2C[C@@](C)(OC)[C@@H](O)[C@H](C)O2)[C@H](C)[C@@H](O[C@H]2C[C@@H](N(C)CCc3cn([C@H](CF)[C@H](OC)c4ccc(C5=CCOCC5)cc4)nn3)C[C@@H](C)O2)[C@](C)(O)C[C@@H](C)CN(C)[C@H](C)[C@@H](O)[C@]1(C)O. The van der Waals surface area contributed by atoms with Crippen LogP contribution in [-0.4, -0.2) is 197 Å². The van der Waals surface area contributed by atoms with Crippen LogP contribution in [0.15, 0.2) is 36.5 Å². The van der Waals surface area contributed by atoms with Gasteiger partial charge in [-0.3, -0.25) is 4.79 Å². The lowest BCUT2D eigenvalue weighted by Crippen LogP contribution is -2.59. The number of carbonyl (C=O) groups is 1. The van der Waals surface area contributed by atoms with E-state index in [1.807, 2.05) is 71.0 Å². The van der Waals surface area contributed by atoms with E-state index in [0.29, 0.717) is 51.3 Å². The standard InChI is InChI=1S/C56H92FN5O13/c1-15-45-56(10,67)50(63)37(6)61(12)31-33(2)28-54(8,66)52(35(4)48(36(5)53(65)73-45)74-47-29-55(9,69-14)51(64)38(7)72-47)75-46-27-43(26-34(3)71-46)60(11)23-20-42-32-62(59-58-42)44(30-57)49(68-13)41-18-16-39(17-19-41)40-21-24-70-25-22-40/h16-19,21,32-38,43-52,63-64,66-67H,15,20,22-31H2,1-14H3/t33-,34-,35+,36-,37-,38+,43+,44-,45-,46+,47+,48+,49-,50-,51+,52-,54-,55-,56-/m1/s1. The van der Waals surface area contributed by atoms with Crippen molar-refractivity contribution in [3.63, 3.8) is 0 Å². The summed E-state index contributed by atoms with van der Waals surface area (Å²) in [5.41, 5.74) is -0.508. The number of esters is 1. The Kier molecular flexibility index (Phi) is 21.5. The number of rotatable bonds is 16. The van der Waals surface area contributed by atoms with Crippen molar-refractivity contribution in [2.45, 2.75) is 211 Å². The number of benzene rings is 1. The quantitative estimate of drug-likeness (QED) is 0.146. The van der Waals surface area contributed by atoms with E-state index >= 15 is 0 Å². The van der Waals surface area contributed by atoms with Gasteiger partial charge in [-0.25, -0.2) is 9.07 Å². The average Bonchev–Trinajstić information content (AvgIpc) is 3.86. The summed E-state index contributed by atoms with van der Waals surface area (Å²) in [6, 6.07) is 6.75. The van der Waals surface area contributed by atoms with E-state index in [2.05, 4.69) is 21.3 Å². The van der Waals surface area contributed by atoms with E-state index in [1.54, 1.807) is 52.6 Å². The molecule has 18 nitrogen and oxygen atoms in total. The molecule has 426 valence electrons. The van der Waals surface area contributed by atoms with Crippen molar-refractivity contribution >= 4 is 11.5 Å². The predicted molar refractivity (Wildman–Crippen MR) is 280 cm³/mol. The number of carbonyl (C=O) groups excluding carboxylic acids is 1. The highest BCUT2D eigenvalue weighted by Gasteiger charge is 2.52. The number of cyclic esters (lactones) is 1. The summed E-state index contributed by atoms with van der Waals surface area (Å²) in [6.45, 7) is 19.6. The fourth-order valence-corrected chi connectivity index (χ4v) is 12.2. The summed E-state index contributed by atoms with van der Waals surface area (Å²) in [7, 11) is 7.00. The molecule has 4 aliphatic heterocycles. The molecule has 5 heterocycles. The molecular formula is C56H92FN5O13. The van der Waals surface area contributed by atoms with Crippen LogP contribution in [0.1, 0.15) is 137 Å². The van der Waals surface area contributed by atoms with E-state index in [-0.39, 0.29) is 37.3 Å². The maximum Gasteiger partial charge on any atom is 0.311 e. The van der Waals surface area contributed by atoms with E-state index in [9.17, 15) is 29.6 Å². The molecule has 3 fully saturated rings. The zero-order valence-electron chi connectivity index (χ0n) is 47.3. The van der Waals surface area contributed by atoms with Crippen LogP contribution < -0.4 is 0 Å². The van der Waals surface area contributed by atoms with E-state index in [4.69, 9.17) is 37.9 Å². The molecule has 75 heavy (non-hydrogen) atoms. The van der Waals surface area contributed by atoms with Gasteiger partial charge >= 0.3 is 5.97 Å². The highest BCUT2D eigenvalue weighted by molar-refractivity contribution is 5.73. The Hall–Kier alpha value is -3.02. The van der Waals surface area contributed by atoms with Crippen LogP contribution >= 0.6 is 0 Å². The lowest BCUT2D eigenvalue weighted by atomic mass is 9.77. The Balaban J connectivity index is 1.23. The van der Waals surface area contributed by atoms with Gasteiger partial charge < -0.3 is 68.1 Å². The highest BCUT2D eigenvalue weighted by Crippen LogP contribution is 2.41. The molecular weight excluding hydrogens is 970 g/mol. The Bertz CT molecular complexity index is 2130. The lowest BCUT2D eigenvalue weighted by Gasteiger charge is -2.48. The number of hydrogen-bond acceptors (Lipinski definition) is 17. The van der Waals surface area contributed by atoms with Gasteiger partial charge in [0.25, 0.3) is 0 Å². The second-order valence-corrected chi connectivity index (χ2v) is 23.1. The monoisotopic (exact) mass is 1060 g/mol. The number of halogens is 1. The molecule has 4 N–H and O–H groups in total. The number of ether oxygens (including phenoxy) is 8. The Morgan fingerprint density at radius 1 is 0.960 bits per heavy atom. The first kappa shape index (κ1) is 61.2. The molecule has 19 heteroatoms. The minimum atomic E-state index is -1.82. The van der Waals surface area contributed by atoms with Crippen LogP contribution in [0.4, 0.5) is 4.39 Å². The fourth-order valence-electron chi connectivity index (χ4n) is 12.2. The average molecular weight is 1060 g/mol. The maximum atomic E-state index is 14.9. The number of hydrogen-bond donors (Lipinski definition) is 4. The van der Waals surface area contributed by atoms with Gasteiger partial charge in [0.05, 0.1) is 60.4 Å². The van der Waals surface area contributed by atoms with Crippen LogP contribution in [0.25, 0.3) is 5.57 Å². The third-order valence-electron chi connectivity index (χ3n) is 17.0. The van der Waals surface area contributed by atoms with Crippen LogP contribution in [-0.2, 0) is 49.1 Å². The second-order valence-electron chi connectivity index (χ2n) is 23.1. The van der Waals surface area contributed by atoms with Gasteiger partial charge in [-0.1, -0.05) is 56.3 Å². The number of nitrogens with zero attached hydrogens (tertiary/aromatic N) is 5. The summed E-state index contributed by atoms with van der Waals surface area (Å²) in [5.74, 6) is -2.56. The zero-order valence-corrected chi connectivity index (χ0v) is 47.3. The summed E-state index contributed by atoms with van der Waals surface area (Å²) >= 11 is 0. The molecule has 3 saturated heterocycles. The molecule has 0 amide bonds. The third-order valence-corrected chi connectivity index (χ3v) is 17.0. The van der Waals surface area contributed by atoms with Crippen LogP contribution in [0.3, 0.4) is 0 Å². The normalized spacial score (nSPS) is 39.0. The number of methoxy groups -OCH3 is 2. The van der Waals surface area contributed by atoms with Gasteiger partial charge in [0.15, 0.2) is 12.6 Å². The van der Waals surface area contributed by atoms with Crippen molar-refractivity contribution in [1.29, 1.82) is 0 Å². The molecule has 0 spiro atoms. The minimum absolute atomic E-state index is 0.0110. The first-order valence-corrected chi connectivity index (χ1v) is 27.3. The number of likely N-dealkylation sites (N-methyl/N-ethyl adjacent to an activating group) is 2. The van der Waals surface area contributed by atoms with Crippen molar-refractivity contribution in [2.24, 2.45) is 17.8 Å². The zero-order chi connectivity index (χ0) is 55.2. The Morgan fingerprint density at radius 3 is 2.29 bits per heavy atom. The minimum Gasteiger partial charge on any atom is -0.459 e. The smallest absolute Gasteiger partial charge is 0.311 e. The molecule has 0 unspecified atom stereocenters. The van der Waals surface area contributed by atoms with Gasteiger partial charge in [0, 0.05) is 70.8 Å². The molecule has 4 aliphatic rings. The van der Waals surface area contributed by atoms with Gasteiger partial charge in [0.1, 0.15) is 42.7 Å². The van der Waals surface area contributed by atoms with Crippen LogP contribution in [0.5, 0.6) is 0 Å². The maximum absolute atomic E-state index is 14.9. The van der Waals surface area contributed by atoms with Crippen LogP contribution in [0, 0.1) is 17.8 Å². The van der Waals surface area contributed by atoms with E-state index < -0.39 is 109 Å². The number of aliphatic hydroxyl groups excluding tert-OH is 2. The Morgan fingerprint density at radius 2 is 1.67 bits per heavy atom. The van der Waals surface area contributed by atoms with Gasteiger partial charge in [-0.2, -0.15) is 0 Å². The Labute approximate surface area is 445 Å². The number of aromatic nitrogens is 3. The van der Waals surface area contributed by atoms with E-state index in [0.717, 1.165) is 17.5 Å². The first-order valence-electron chi connectivity index (χ1n) is 27.3. The predicted octanol–water partition coefficient (Wildman–Crippen LogP) is 5.84. The molecule has 0 radical (unpaired) electrons. The van der Waals surface area contributed by atoms with E-state index in [1.165, 1.54) is 19.6 Å². The van der Waals surface area contributed by atoms with Crippen LogP contribution in [0.2, 0.25) is 0 Å². The van der Waals surface area contributed by atoms with Gasteiger partial charge in [-0.05, 0) is 111 Å². The molecule has 0 saturated carbocycles. The largest absolute Gasteiger partial charge is 0.459 e. The number of alkyl halides is 1. The highest BCUT2D eigenvalue weighted by atomic mass is 19.1. The molecule has 2 aromatic rings. The molecule has 1 aromatic heterocycles. The van der Waals surface area contributed by atoms with Crippen molar-refractivity contribution in [2.75, 3.05) is 61.3 Å². The summed E-state index contributed by atoms with van der Waals surface area (Å²) in [5, 5.41) is 56.4. The third kappa shape index (κ3) is 14.6. The van der Waals surface area contributed by atoms with Crippen molar-refractivity contribution in [1.82, 2.24) is 24.8 Å². The summed E-state index contributed by atoms with van der Waals surface area (Å²) < 4.78 is 66.6. The molecule has 0 aliphatic carbocycles. The van der Waals surface area contributed by atoms with Gasteiger partial charge in [-0.15, -0.1) is 5.10 Å². The van der Waals surface area contributed by atoms with Gasteiger partial charge in [0.2, 0.25) is 0 Å². The summed E-state index contributed by atoms with van der Waals surface area (Å²) in [4.78, 5) is 18.7. The lowest BCUT2D eigenvalue weighted by molar-refractivity contribution is -0.308. The van der Waals surface area contributed by atoms with Crippen molar-refractivity contribution in [3.05, 3.63) is 53.4 Å². The summed E-state index contributed by atoms with van der Waals surface area (Å²) in [6.07, 6.45) is -1.55. The molecule has 19 atom stereocenters. The second kappa shape index (κ2) is 26.3. The molecule has 0 bridgehead atoms. The van der Waals surface area contributed by atoms with Crippen molar-refractivity contribution < 1.29 is 67.5 Å². The first-order chi connectivity index (χ1) is 35.4. The number of aliphatic hydroxyl groups is 4. The molecule has 6 rings (SSSR count). The molecule has 1 aromatic carbocycles. The fraction of sp³-hybridized carbons (Fsp3) is 0.804. The topological polar surface area (TPSA) is 209 Å². The van der Waals surface area contributed by atoms with Crippen molar-refractivity contribution in [3.8, 4) is 0 Å².